The van der Waals surface area contributed by atoms with E-state index in [1.54, 1.807) is 11.3 Å². The van der Waals surface area contributed by atoms with Crippen molar-refractivity contribution in [2.75, 3.05) is 5.01 Å². The van der Waals surface area contributed by atoms with Crippen LogP contribution in [0, 0.1) is 6.92 Å². The average molecular weight is 406 g/mol. The van der Waals surface area contributed by atoms with Crippen molar-refractivity contribution >= 4 is 34.6 Å². The molecule has 4 aromatic rings. The van der Waals surface area contributed by atoms with Gasteiger partial charge in [-0.3, -0.25) is 4.57 Å². The van der Waals surface area contributed by atoms with Gasteiger partial charge in [-0.15, -0.1) is 21.5 Å². The SMILES string of the molecule is Cc1nnc2n1-c1sccc1C(c1ccc(Cl)cc1)=NN2Cc1ccccc1. The van der Waals surface area contributed by atoms with E-state index in [0.717, 1.165) is 33.2 Å². The van der Waals surface area contributed by atoms with Crippen LogP contribution in [0.2, 0.25) is 5.02 Å². The molecule has 0 saturated carbocycles. The molecule has 0 amide bonds. The van der Waals surface area contributed by atoms with Crippen LogP contribution < -0.4 is 5.01 Å². The Balaban J connectivity index is 1.71. The third-order valence-electron chi connectivity index (χ3n) is 4.66. The fourth-order valence-electron chi connectivity index (χ4n) is 3.31. The van der Waals surface area contributed by atoms with Gasteiger partial charge in [0.1, 0.15) is 16.5 Å². The van der Waals surface area contributed by atoms with Crippen molar-refractivity contribution < 1.29 is 0 Å². The number of hydrogen-bond donors (Lipinski definition) is 0. The van der Waals surface area contributed by atoms with Crippen molar-refractivity contribution in [1.29, 1.82) is 0 Å². The Morgan fingerprint density at radius 2 is 1.75 bits per heavy atom. The minimum atomic E-state index is 0.602. The van der Waals surface area contributed by atoms with E-state index in [-0.39, 0.29) is 0 Å². The molecule has 0 N–H and O–H groups in total. The first-order valence-electron chi connectivity index (χ1n) is 8.87. The Morgan fingerprint density at radius 1 is 0.964 bits per heavy atom. The Kier molecular flexibility index (Phi) is 4.22. The second kappa shape index (κ2) is 6.89. The summed E-state index contributed by atoms with van der Waals surface area (Å²) in [6.07, 6.45) is 0. The van der Waals surface area contributed by atoms with E-state index in [1.165, 1.54) is 0 Å². The number of thiophene rings is 1. The Labute approximate surface area is 171 Å². The van der Waals surface area contributed by atoms with Crippen LogP contribution in [0.25, 0.3) is 5.00 Å². The second-order valence-corrected chi connectivity index (χ2v) is 7.85. The molecule has 0 bridgehead atoms. The highest BCUT2D eigenvalue weighted by Crippen LogP contribution is 2.33. The third kappa shape index (κ3) is 2.91. The van der Waals surface area contributed by atoms with Gasteiger partial charge in [0.15, 0.2) is 0 Å². The third-order valence-corrected chi connectivity index (χ3v) is 5.81. The van der Waals surface area contributed by atoms with Crippen LogP contribution in [0.5, 0.6) is 0 Å². The van der Waals surface area contributed by atoms with Crippen LogP contribution >= 0.6 is 22.9 Å². The lowest BCUT2D eigenvalue weighted by atomic mass is 10.0. The Bertz CT molecular complexity index is 1160. The zero-order valence-electron chi connectivity index (χ0n) is 15.1. The molecule has 0 spiro atoms. The molecule has 5 rings (SSSR count). The van der Waals surface area contributed by atoms with Crippen LogP contribution in [0.15, 0.2) is 71.1 Å². The van der Waals surface area contributed by atoms with Gasteiger partial charge >= 0.3 is 0 Å². The van der Waals surface area contributed by atoms with Gasteiger partial charge in [0.05, 0.1) is 6.54 Å². The van der Waals surface area contributed by atoms with Crippen molar-refractivity contribution in [3.8, 4) is 5.00 Å². The van der Waals surface area contributed by atoms with Crippen molar-refractivity contribution in [2.45, 2.75) is 13.5 Å². The topological polar surface area (TPSA) is 46.3 Å². The number of nitrogens with zero attached hydrogens (tertiary/aromatic N) is 5. The van der Waals surface area contributed by atoms with Crippen molar-refractivity contribution in [1.82, 2.24) is 14.8 Å². The number of halogens is 1. The van der Waals surface area contributed by atoms with Crippen LogP contribution in [-0.2, 0) is 6.54 Å². The first-order valence-corrected chi connectivity index (χ1v) is 10.1. The molecule has 28 heavy (non-hydrogen) atoms. The number of benzene rings is 2. The molecule has 2 aromatic heterocycles. The predicted octanol–water partition coefficient (Wildman–Crippen LogP) is 5.06. The van der Waals surface area contributed by atoms with Gasteiger partial charge in [-0.1, -0.05) is 54.1 Å². The minimum Gasteiger partial charge on any atom is -0.254 e. The van der Waals surface area contributed by atoms with E-state index in [2.05, 4.69) is 38.3 Å². The van der Waals surface area contributed by atoms with E-state index in [4.69, 9.17) is 16.7 Å². The fraction of sp³-hybridized carbons (Fsp3) is 0.0952. The van der Waals surface area contributed by atoms with Gasteiger partial charge in [0, 0.05) is 16.1 Å². The number of anilines is 1. The molecular formula is C21H16ClN5S. The molecule has 0 aliphatic carbocycles. The molecule has 1 aliphatic rings. The smallest absolute Gasteiger partial charge is 0.253 e. The minimum absolute atomic E-state index is 0.602. The molecule has 0 unspecified atom stereocenters. The van der Waals surface area contributed by atoms with E-state index >= 15 is 0 Å². The van der Waals surface area contributed by atoms with Crippen LogP contribution in [0.4, 0.5) is 5.95 Å². The van der Waals surface area contributed by atoms with E-state index in [9.17, 15) is 0 Å². The molecular weight excluding hydrogens is 390 g/mol. The zero-order valence-corrected chi connectivity index (χ0v) is 16.7. The molecule has 0 atom stereocenters. The summed E-state index contributed by atoms with van der Waals surface area (Å²) in [4.78, 5) is 0. The fourth-order valence-corrected chi connectivity index (χ4v) is 4.38. The maximum absolute atomic E-state index is 6.10. The maximum Gasteiger partial charge on any atom is 0.253 e. The molecule has 138 valence electrons. The summed E-state index contributed by atoms with van der Waals surface area (Å²) in [5, 5.41) is 19.5. The largest absolute Gasteiger partial charge is 0.254 e. The van der Waals surface area contributed by atoms with Crippen LogP contribution in [0.1, 0.15) is 22.5 Å². The maximum atomic E-state index is 6.10. The molecule has 3 heterocycles. The monoisotopic (exact) mass is 405 g/mol. The highest BCUT2D eigenvalue weighted by Gasteiger charge is 2.27. The summed E-state index contributed by atoms with van der Waals surface area (Å²) < 4.78 is 2.08. The van der Waals surface area contributed by atoms with Crippen LogP contribution in [-0.4, -0.2) is 20.5 Å². The average Bonchev–Trinajstić information content (AvgIpc) is 3.30. The first kappa shape index (κ1) is 17.2. The zero-order chi connectivity index (χ0) is 19.1. The standard InChI is InChI=1S/C21H16ClN5S/c1-14-23-24-21-26(13-15-5-3-2-4-6-15)25-19(16-7-9-17(22)10-8-16)18-11-12-28-20(18)27(14)21/h2-12H,13H2,1H3. The van der Waals surface area contributed by atoms with Crippen molar-refractivity contribution in [3.05, 3.63) is 93.6 Å². The summed E-state index contributed by atoms with van der Waals surface area (Å²) in [6, 6.07) is 20.1. The lowest BCUT2D eigenvalue weighted by Crippen LogP contribution is -2.20. The summed E-state index contributed by atoms with van der Waals surface area (Å²) in [5.41, 5.74) is 4.12. The summed E-state index contributed by atoms with van der Waals surface area (Å²) in [6.45, 7) is 2.57. The molecule has 1 aliphatic heterocycles. The Hall–Kier alpha value is -2.96. The van der Waals surface area contributed by atoms with E-state index in [1.807, 2.05) is 54.4 Å². The molecule has 5 nitrogen and oxygen atoms in total. The van der Waals surface area contributed by atoms with E-state index in [0.29, 0.717) is 17.5 Å². The van der Waals surface area contributed by atoms with Crippen molar-refractivity contribution in [3.63, 3.8) is 0 Å². The lowest BCUT2D eigenvalue weighted by Gasteiger charge is -2.17. The Morgan fingerprint density at radius 3 is 2.54 bits per heavy atom. The van der Waals surface area contributed by atoms with Crippen LogP contribution in [0.3, 0.4) is 0 Å². The summed E-state index contributed by atoms with van der Waals surface area (Å²) in [5.74, 6) is 1.55. The summed E-state index contributed by atoms with van der Waals surface area (Å²) in [7, 11) is 0. The molecule has 0 radical (unpaired) electrons. The van der Waals surface area contributed by atoms with Gasteiger partial charge in [-0.25, -0.2) is 5.01 Å². The number of fused-ring (bicyclic) bond motifs is 3. The number of hydrazone groups is 1. The number of hydrogen-bond acceptors (Lipinski definition) is 5. The first-order chi connectivity index (χ1) is 13.7. The van der Waals surface area contributed by atoms with Gasteiger partial charge in [0.2, 0.25) is 0 Å². The summed E-state index contributed by atoms with van der Waals surface area (Å²) >= 11 is 7.76. The second-order valence-electron chi connectivity index (χ2n) is 6.52. The van der Waals surface area contributed by atoms with Gasteiger partial charge in [0.25, 0.3) is 5.95 Å². The van der Waals surface area contributed by atoms with E-state index < -0.39 is 0 Å². The molecule has 0 saturated heterocycles. The number of aryl methyl sites for hydroxylation is 1. The quantitative estimate of drug-likeness (QED) is 0.478. The van der Waals surface area contributed by atoms with Gasteiger partial charge in [-0.05, 0) is 36.1 Å². The molecule has 7 heteroatoms. The lowest BCUT2D eigenvalue weighted by molar-refractivity contribution is 0.798. The number of aromatic nitrogens is 3. The van der Waals surface area contributed by atoms with Gasteiger partial charge in [-0.2, -0.15) is 5.10 Å². The van der Waals surface area contributed by atoms with Crippen molar-refractivity contribution in [2.24, 2.45) is 5.10 Å². The normalized spacial score (nSPS) is 12.9. The molecule has 2 aromatic carbocycles. The predicted molar refractivity (Wildman–Crippen MR) is 114 cm³/mol. The highest BCUT2D eigenvalue weighted by atomic mass is 35.5. The molecule has 0 fully saturated rings. The van der Waals surface area contributed by atoms with Gasteiger partial charge < -0.3 is 0 Å². The number of rotatable bonds is 3. The highest BCUT2D eigenvalue weighted by molar-refractivity contribution is 7.13.